The molecule has 2 unspecified atom stereocenters. The molecule has 4 N–H and O–H groups in total. The minimum atomic E-state index is -3.99. The molecule has 0 bridgehead atoms. The molecule has 1 saturated heterocycles. The van der Waals surface area contributed by atoms with Gasteiger partial charge in [-0.15, -0.1) is 12.4 Å². The normalized spacial score (nSPS) is 17.4. The fraction of sp³-hybridized carbons (Fsp3) is 0.480. The van der Waals surface area contributed by atoms with Gasteiger partial charge in [0.15, 0.2) is 0 Å². The monoisotopic (exact) mass is 604 g/mol. The molecule has 1 heterocycles. The average Bonchev–Trinajstić information content (AvgIpc) is 3.36. The quantitative estimate of drug-likeness (QED) is 0.217. The second kappa shape index (κ2) is 15.2. The van der Waals surface area contributed by atoms with Crippen LogP contribution in [0.25, 0.3) is 0 Å². The highest BCUT2D eigenvalue weighted by Gasteiger charge is 2.27. The van der Waals surface area contributed by atoms with Gasteiger partial charge in [-0.05, 0) is 75.2 Å². The second-order valence-corrected chi connectivity index (χ2v) is 12.2. The zero-order valence-electron chi connectivity index (χ0n) is 22.5. The summed E-state index contributed by atoms with van der Waals surface area (Å²) in [6.07, 6.45) is 2.36. The molecule has 0 radical (unpaired) electrons. The minimum absolute atomic E-state index is 0. The van der Waals surface area contributed by atoms with Crippen LogP contribution in [0.4, 0.5) is 11.4 Å². The van der Waals surface area contributed by atoms with Gasteiger partial charge in [0.05, 0.1) is 25.7 Å². The van der Waals surface area contributed by atoms with Crippen LogP contribution in [0.15, 0.2) is 48.5 Å². The van der Waals surface area contributed by atoms with Gasteiger partial charge in [0.1, 0.15) is 0 Å². The van der Waals surface area contributed by atoms with Gasteiger partial charge in [0, 0.05) is 25.0 Å². The lowest BCUT2D eigenvalue weighted by Crippen LogP contribution is -2.39. The van der Waals surface area contributed by atoms with E-state index in [2.05, 4.69) is 15.1 Å². The van der Waals surface area contributed by atoms with Gasteiger partial charge in [-0.1, -0.05) is 24.3 Å². The molecule has 2 aromatic carbocycles. The predicted octanol–water partition coefficient (Wildman–Crippen LogP) is 5.04. The summed E-state index contributed by atoms with van der Waals surface area (Å²) in [6, 6.07) is 13.6. The number of anilines is 2. The van der Waals surface area contributed by atoms with Crippen molar-refractivity contribution in [1.29, 1.82) is 0 Å². The van der Waals surface area contributed by atoms with Crippen molar-refractivity contribution >= 4 is 45.2 Å². The summed E-state index contributed by atoms with van der Waals surface area (Å²) < 4.78 is 33.9. The third-order valence-electron chi connectivity index (χ3n) is 6.22. The zero-order valence-corrected chi connectivity index (χ0v) is 25.1. The van der Waals surface area contributed by atoms with Gasteiger partial charge in [-0.3, -0.25) is 24.0 Å². The SMILES string of the molecule is CCOP(=O)(O)Nc1ccc(CC(=O)N(C)[C@H](CN2CCCC2)c2cccc(NP(=O)(O)OCC)c2)cc1.Cl. The lowest BCUT2D eigenvalue weighted by atomic mass is 10.0. The first-order chi connectivity index (χ1) is 18.0. The summed E-state index contributed by atoms with van der Waals surface area (Å²) in [6.45, 7) is 6.02. The number of likely N-dealkylation sites (N-methyl/N-ethyl adjacent to an activating group) is 1. The lowest BCUT2D eigenvalue weighted by Gasteiger charge is -2.32. The largest absolute Gasteiger partial charge is 0.430 e. The number of halogens is 1. The maximum atomic E-state index is 13.4. The highest BCUT2D eigenvalue weighted by molar-refractivity contribution is 7.54. The van der Waals surface area contributed by atoms with E-state index in [1.807, 2.05) is 6.07 Å². The minimum Gasteiger partial charge on any atom is -0.337 e. The van der Waals surface area contributed by atoms with Crippen LogP contribution in [0.5, 0.6) is 0 Å². The fourth-order valence-corrected chi connectivity index (χ4v) is 6.16. The highest BCUT2D eigenvalue weighted by Crippen LogP contribution is 2.43. The van der Waals surface area contributed by atoms with Crippen molar-refractivity contribution in [2.75, 3.05) is 50.1 Å². The zero-order chi connectivity index (χ0) is 27.8. The van der Waals surface area contributed by atoms with Gasteiger partial charge >= 0.3 is 15.5 Å². The Kier molecular flexibility index (Phi) is 12.9. The summed E-state index contributed by atoms with van der Waals surface area (Å²) in [4.78, 5) is 37.2. The summed E-state index contributed by atoms with van der Waals surface area (Å²) in [5.74, 6) is -0.0995. The molecule has 1 fully saturated rings. The van der Waals surface area contributed by atoms with E-state index in [9.17, 15) is 23.7 Å². The van der Waals surface area contributed by atoms with Gasteiger partial charge < -0.3 is 19.6 Å². The van der Waals surface area contributed by atoms with Gasteiger partial charge in [0.2, 0.25) is 5.91 Å². The van der Waals surface area contributed by atoms with Crippen molar-refractivity contribution in [3.8, 4) is 0 Å². The van der Waals surface area contributed by atoms with Crippen LogP contribution in [0.3, 0.4) is 0 Å². The molecule has 1 aliphatic rings. The van der Waals surface area contributed by atoms with E-state index in [4.69, 9.17) is 9.05 Å². The molecule has 1 amide bonds. The topological polar surface area (TPSA) is 141 Å². The highest BCUT2D eigenvalue weighted by atomic mass is 35.5. The smallest absolute Gasteiger partial charge is 0.337 e. The molecule has 11 nitrogen and oxygen atoms in total. The molecule has 2 aromatic rings. The lowest BCUT2D eigenvalue weighted by molar-refractivity contribution is -0.131. The molecule has 0 aliphatic carbocycles. The maximum absolute atomic E-state index is 13.4. The Bertz CT molecular complexity index is 1170. The van der Waals surface area contributed by atoms with E-state index in [0.717, 1.165) is 37.1 Å². The number of hydrogen-bond acceptors (Lipinski definition) is 6. The van der Waals surface area contributed by atoms with Crippen molar-refractivity contribution in [1.82, 2.24) is 9.80 Å². The Morgan fingerprint density at radius 3 is 2.10 bits per heavy atom. The molecular weight excluding hydrogens is 566 g/mol. The number of benzene rings is 2. The summed E-state index contributed by atoms with van der Waals surface area (Å²) in [5, 5.41) is 5.03. The van der Waals surface area contributed by atoms with E-state index in [0.29, 0.717) is 17.9 Å². The number of rotatable bonds is 14. The van der Waals surface area contributed by atoms with Gasteiger partial charge in [0.25, 0.3) is 0 Å². The summed E-state index contributed by atoms with van der Waals surface area (Å²) >= 11 is 0. The third-order valence-corrected chi connectivity index (χ3v) is 8.52. The second-order valence-electron chi connectivity index (χ2n) is 9.13. The van der Waals surface area contributed by atoms with E-state index in [1.54, 1.807) is 68.3 Å². The van der Waals surface area contributed by atoms with Gasteiger partial charge in [-0.2, -0.15) is 0 Å². The van der Waals surface area contributed by atoms with E-state index in [1.165, 1.54) is 0 Å². The van der Waals surface area contributed by atoms with E-state index in [-0.39, 0.29) is 44.0 Å². The van der Waals surface area contributed by atoms with Crippen molar-refractivity contribution in [3.05, 3.63) is 59.7 Å². The third kappa shape index (κ3) is 10.5. The number of carbonyl (C=O) groups excluding carboxylic acids is 1. The first-order valence-electron chi connectivity index (χ1n) is 12.7. The number of hydrogen-bond donors (Lipinski definition) is 4. The molecule has 1 aliphatic heterocycles. The number of amides is 1. The first-order valence-corrected chi connectivity index (χ1v) is 15.9. The van der Waals surface area contributed by atoms with Crippen LogP contribution in [0.2, 0.25) is 0 Å². The Hall–Kier alpha value is -1.94. The van der Waals surface area contributed by atoms with Crippen LogP contribution in [-0.4, -0.2) is 65.4 Å². The Morgan fingerprint density at radius 1 is 0.974 bits per heavy atom. The molecular formula is C25H39ClN4O7P2. The molecule has 0 saturated carbocycles. The van der Waals surface area contributed by atoms with Crippen molar-refractivity contribution in [3.63, 3.8) is 0 Å². The van der Waals surface area contributed by atoms with Crippen LogP contribution < -0.4 is 10.2 Å². The maximum Gasteiger partial charge on any atom is 0.430 e. The fourth-order valence-electron chi connectivity index (χ4n) is 4.39. The standard InChI is InChI=1S/C25H38N4O7P2.ClH/c1-4-35-37(31,32)26-22-13-11-20(12-14-22)17-25(30)28(3)24(19-29-15-6-7-16-29)21-9-8-10-23(18-21)27-38(33,34)36-5-2;/h8-14,18,24H,4-7,15-17,19H2,1-3H3,(H2,26,31,32)(H2,27,33,34);1H/t24-;/m1./s1. The molecule has 0 spiro atoms. The summed E-state index contributed by atoms with van der Waals surface area (Å²) in [7, 11) is -6.16. The molecule has 39 heavy (non-hydrogen) atoms. The summed E-state index contributed by atoms with van der Waals surface area (Å²) in [5.41, 5.74) is 2.44. The Morgan fingerprint density at radius 2 is 1.54 bits per heavy atom. The van der Waals surface area contributed by atoms with Crippen LogP contribution >= 0.6 is 27.9 Å². The molecule has 0 aromatic heterocycles. The average molecular weight is 605 g/mol. The number of nitrogens with one attached hydrogen (secondary N) is 2. The van der Waals surface area contributed by atoms with Crippen molar-refractivity contribution in [2.45, 2.75) is 39.2 Å². The molecule has 218 valence electrons. The number of likely N-dealkylation sites (tertiary alicyclic amines) is 1. The molecule has 3 atom stereocenters. The number of nitrogens with zero attached hydrogens (tertiary/aromatic N) is 2. The van der Waals surface area contributed by atoms with Crippen LogP contribution in [0.1, 0.15) is 43.9 Å². The number of carbonyl (C=O) groups is 1. The van der Waals surface area contributed by atoms with Crippen molar-refractivity contribution in [2.24, 2.45) is 0 Å². The Balaban J connectivity index is 0.00000533. The van der Waals surface area contributed by atoms with Crippen molar-refractivity contribution < 1.29 is 32.8 Å². The Labute approximate surface area is 236 Å². The van der Waals surface area contributed by atoms with Crippen LogP contribution in [0, 0.1) is 0 Å². The van der Waals surface area contributed by atoms with E-state index < -0.39 is 15.5 Å². The van der Waals surface area contributed by atoms with E-state index >= 15 is 0 Å². The first kappa shape index (κ1) is 33.3. The van der Waals surface area contributed by atoms with Gasteiger partial charge in [-0.25, -0.2) is 9.13 Å². The predicted molar refractivity (Wildman–Crippen MR) is 155 cm³/mol. The molecule has 3 rings (SSSR count). The van der Waals surface area contributed by atoms with Crippen LogP contribution in [-0.2, 0) is 29.4 Å². The molecule has 14 heteroatoms.